The molecule has 5 heterocycles. The molecule has 3 aromatic carbocycles. The first-order valence-corrected chi connectivity index (χ1v) is 24.9. The molecular weight excluding hydrogens is 896 g/mol. The first-order chi connectivity index (χ1) is 32.8. The Morgan fingerprint density at radius 3 is 2.25 bits per heavy atom. The minimum Gasteiger partial charge on any atom is -0.489 e. The fourth-order valence-electron chi connectivity index (χ4n) is 12.6. The number of rotatable bonds is 10. The number of benzene rings is 3. The molecule has 15 heteroatoms. The number of aryl methyl sites for hydroxylation is 1. The second-order valence-corrected chi connectivity index (χ2v) is 22.3. The maximum absolute atomic E-state index is 14.2. The van der Waals surface area contributed by atoms with Crippen LogP contribution in [0.25, 0.3) is 0 Å². The van der Waals surface area contributed by atoms with Crippen molar-refractivity contribution in [2.24, 2.45) is 22.2 Å². The fraction of sp³-hybridized carbons (Fsp3) is 0.537. The third-order valence-corrected chi connectivity index (χ3v) is 16.6. The van der Waals surface area contributed by atoms with Gasteiger partial charge in [-0.1, -0.05) is 53.1 Å². The van der Waals surface area contributed by atoms with Gasteiger partial charge < -0.3 is 29.7 Å². The van der Waals surface area contributed by atoms with Crippen LogP contribution in [0, 0.1) is 44.8 Å². The van der Waals surface area contributed by atoms with Crippen molar-refractivity contribution in [2.75, 3.05) is 55.6 Å². The highest BCUT2D eigenvalue weighted by atomic mass is 35.5. The van der Waals surface area contributed by atoms with Gasteiger partial charge in [0.15, 0.2) is 5.82 Å². The fourth-order valence-corrected chi connectivity index (χ4v) is 12.8. The quantitative estimate of drug-likeness (QED) is 0.165. The van der Waals surface area contributed by atoms with E-state index >= 15 is 0 Å². The van der Waals surface area contributed by atoms with E-state index in [0.717, 1.165) is 86.7 Å². The van der Waals surface area contributed by atoms with Crippen LogP contribution < -0.4 is 19.9 Å². The van der Waals surface area contributed by atoms with E-state index in [1.165, 1.54) is 6.07 Å². The number of nitrogens with one attached hydrogen (secondary N) is 1. The molecule has 364 valence electrons. The Bertz CT molecular complexity index is 2700. The molecular formula is C54H64ClF2N9O3. The van der Waals surface area contributed by atoms with Gasteiger partial charge in [-0.15, -0.1) is 0 Å². The van der Waals surface area contributed by atoms with Crippen molar-refractivity contribution in [3.8, 4) is 17.9 Å². The first kappa shape index (κ1) is 48.3. The maximum atomic E-state index is 14.2. The lowest BCUT2D eigenvalue weighted by atomic mass is 9.49. The number of anilines is 3. The molecule has 4 aliphatic heterocycles. The summed E-state index contributed by atoms with van der Waals surface area (Å²) in [6.07, 6.45) is 2.18. The van der Waals surface area contributed by atoms with E-state index < -0.39 is 6.43 Å². The number of amides is 2. The van der Waals surface area contributed by atoms with Crippen LogP contribution in [0.15, 0.2) is 54.6 Å². The van der Waals surface area contributed by atoms with Gasteiger partial charge in [0.25, 0.3) is 12.3 Å². The number of hydrogen-bond acceptors (Lipinski definition) is 9. The highest BCUT2D eigenvalue weighted by Gasteiger charge is 2.64. The lowest BCUT2D eigenvalue weighted by molar-refractivity contribution is -0.164. The molecule has 1 atom stereocenters. The van der Waals surface area contributed by atoms with Gasteiger partial charge in [0.05, 0.1) is 34.8 Å². The summed E-state index contributed by atoms with van der Waals surface area (Å²) in [5.74, 6) is 1.74. The normalized spacial score (nSPS) is 23.0. The van der Waals surface area contributed by atoms with E-state index in [-0.39, 0.29) is 57.4 Å². The van der Waals surface area contributed by atoms with Gasteiger partial charge in [-0.25, -0.2) is 8.78 Å². The van der Waals surface area contributed by atoms with E-state index in [1.807, 2.05) is 23.1 Å². The van der Waals surface area contributed by atoms with Crippen LogP contribution in [0.3, 0.4) is 0 Å². The molecule has 0 bridgehead atoms. The smallest absolute Gasteiger partial charge is 0.265 e. The van der Waals surface area contributed by atoms with Gasteiger partial charge in [-0.05, 0) is 97.5 Å². The summed E-state index contributed by atoms with van der Waals surface area (Å²) in [5, 5.41) is 27.9. The van der Waals surface area contributed by atoms with Crippen LogP contribution in [0.5, 0.6) is 5.75 Å². The standard InChI is InChI=1S/C54H64ClF2N9O3/c1-33(67)63-24-19-45-43(31-63)48(65-20-8-9-35-25-37(29-59)42(47(56)57)27-46(35)65)61-66(45)40-17-21-62(22-18-40)30-38-16-23-64(32-52(38,2)3)39-13-10-34(11-14-39)49(68)60-50-53(4,5)51(54(50,6)7)69-41-15-12-36(28-58)44(55)26-41/h10-15,25-27,38,40,47,50-51H,8-9,16-24,30-32H2,1-7H3,(H,60,68). The number of ether oxygens (including phenoxy) is 1. The van der Waals surface area contributed by atoms with Gasteiger partial charge in [-0.2, -0.15) is 15.6 Å². The molecule has 0 spiro atoms. The summed E-state index contributed by atoms with van der Waals surface area (Å²) in [6, 6.07) is 20.3. The molecule has 12 nitrogen and oxygen atoms in total. The predicted molar refractivity (Wildman–Crippen MR) is 263 cm³/mol. The molecule has 1 unspecified atom stereocenters. The van der Waals surface area contributed by atoms with E-state index in [9.17, 15) is 28.9 Å². The molecule has 69 heavy (non-hydrogen) atoms. The molecule has 1 aliphatic carbocycles. The van der Waals surface area contributed by atoms with E-state index in [1.54, 1.807) is 31.2 Å². The number of carbonyl (C=O) groups is 2. The topological polar surface area (TPSA) is 134 Å². The average molecular weight is 961 g/mol. The zero-order chi connectivity index (χ0) is 49.2. The number of nitriles is 2. The van der Waals surface area contributed by atoms with E-state index in [0.29, 0.717) is 66.0 Å². The SMILES string of the molecule is CC(=O)N1CCc2c(c(N3CCCc4cc(C#N)c(C(F)F)cc43)nn2C2CCN(CC3CCN(c4ccc(C(=O)NC5C(C)(C)C(Oc6ccc(C#N)c(Cl)c6)C5(C)C)cc4)CC3(C)C)CC2)C1. The number of hydrogen-bond donors (Lipinski definition) is 1. The third-order valence-electron chi connectivity index (χ3n) is 16.2. The van der Waals surface area contributed by atoms with Gasteiger partial charge in [0, 0.05) is 116 Å². The van der Waals surface area contributed by atoms with Crippen molar-refractivity contribution in [3.05, 3.63) is 98.7 Å². The Hall–Kier alpha value is -5.70. The van der Waals surface area contributed by atoms with E-state index in [4.69, 9.17) is 21.4 Å². The minimum absolute atomic E-state index is 0.00529. The molecule has 1 saturated carbocycles. The van der Waals surface area contributed by atoms with Crippen molar-refractivity contribution in [3.63, 3.8) is 0 Å². The van der Waals surface area contributed by atoms with E-state index in [2.05, 4.69) is 84.4 Å². The second-order valence-electron chi connectivity index (χ2n) is 21.9. The molecule has 0 radical (unpaired) electrons. The predicted octanol–water partition coefficient (Wildman–Crippen LogP) is 10.0. The lowest BCUT2D eigenvalue weighted by Crippen LogP contribution is -2.74. The second kappa shape index (κ2) is 18.6. The zero-order valence-electron chi connectivity index (χ0n) is 40.9. The Morgan fingerprint density at radius 1 is 0.899 bits per heavy atom. The number of nitrogens with zero attached hydrogens (tertiary/aromatic N) is 8. The van der Waals surface area contributed by atoms with Crippen LogP contribution in [-0.4, -0.2) is 89.4 Å². The first-order valence-electron chi connectivity index (χ1n) is 24.5. The number of halogens is 3. The molecule has 4 aromatic rings. The van der Waals surface area contributed by atoms with Crippen molar-refractivity contribution in [2.45, 2.75) is 118 Å². The summed E-state index contributed by atoms with van der Waals surface area (Å²) in [7, 11) is 0. The molecule has 1 N–H and O–H groups in total. The number of aromatic nitrogens is 2. The summed E-state index contributed by atoms with van der Waals surface area (Å²) in [4.78, 5) is 35.3. The van der Waals surface area contributed by atoms with Crippen molar-refractivity contribution >= 4 is 40.6 Å². The highest BCUT2D eigenvalue weighted by Crippen LogP contribution is 2.56. The van der Waals surface area contributed by atoms with Gasteiger partial charge in [-0.3, -0.25) is 14.3 Å². The molecule has 9 rings (SSSR count). The largest absolute Gasteiger partial charge is 0.489 e. The number of piperidine rings is 2. The van der Waals surface area contributed by atoms with Crippen LogP contribution in [0.4, 0.5) is 26.0 Å². The molecule has 3 fully saturated rings. The van der Waals surface area contributed by atoms with Gasteiger partial charge in [0.2, 0.25) is 5.91 Å². The Labute approximate surface area is 410 Å². The Kier molecular flexibility index (Phi) is 13.0. The molecule has 5 aliphatic rings. The summed E-state index contributed by atoms with van der Waals surface area (Å²) >= 11 is 6.29. The lowest BCUT2D eigenvalue weighted by Gasteiger charge is -2.63. The number of alkyl halides is 2. The summed E-state index contributed by atoms with van der Waals surface area (Å²) in [6.45, 7) is 21.2. The van der Waals surface area contributed by atoms with Crippen LogP contribution in [-0.2, 0) is 24.2 Å². The molecule has 1 aromatic heterocycles. The zero-order valence-corrected chi connectivity index (χ0v) is 41.7. The van der Waals surface area contributed by atoms with Crippen LogP contribution in [0.2, 0.25) is 5.02 Å². The monoisotopic (exact) mass is 959 g/mol. The van der Waals surface area contributed by atoms with Crippen molar-refractivity contribution < 1.29 is 23.1 Å². The van der Waals surface area contributed by atoms with Crippen LogP contribution in [0.1, 0.15) is 130 Å². The van der Waals surface area contributed by atoms with Crippen LogP contribution >= 0.6 is 11.6 Å². The number of carbonyl (C=O) groups excluding carboxylic acids is 2. The number of likely N-dealkylation sites (tertiary alicyclic amines) is 1. The maximum Gasteiger partial charge on any atom is 0.265 e. The molecule has 2 amide bonds. The molecule has 2 saturated heterocycles. The summed E-state index contributed by atoms with van der Waals surface area (Å²) in [5.41, 5.74) is 4.90. The average Bonchev–Trinajstić information content (AvgIpc) is 3.71. The third kappa shape index (κ3) is 9.04. The van der Waals surface area contributed by atoms with Crippen molar-refractivity contribution in [1.29, 1.82) is 10.5 Å². The Morgan fingerprint density at radius 2 is 1.61 bits per heavy atom. The van der Waals surface area contributed by atoms with Crippen molar-refractivity contribution in [1.82, 2.24) is 24.9 Å². The Balaban J connectivity index is 0.813. The van der Waals surface area contributed by atoms with Gasteiger partial charge in [0.1, 0.15) is 17.9 Å². The highest BCUT2D eigenvalue weighted by molar-refractivity contribution is 6.31. The summed E-state index contributed by atoms with van der Waals surface area (Å²) < 4.78 is 37.0. The minimum atomic E-state index is -2.77. The number of fused-ring (bicyclic) bond motifs is 2. The van der Waals surface area contributed by atoms with Gasteiger partial charge >= 0.3 is 0 Å².